The Morgan fingerprint density at radius 3 is 2.41 bits per heavy atom. The average Bonchev–Trinajstić information content (AvgIpc) is 3.29. The van der Waals surface area contributed by atoms with Gasteiger partial charge in [0.05, 0.1) is 18.2 Å². The van der Waals surface area contributed by atoms with Crippen LogP contribution < -0.4 is 0 Å². The molecule has 0 amide bonds. The van der Waals surface area contributed by atoms with Crippen molar-refractivity contribution >= 4 is 21.5 Å². The van der Waals surface area contributed by atoms with E-state index in [-0.39, 0.29) is 12.0 Å². The number of nitrogens with zero attached hydrogens (tertiary/aromatic N) is 2. The van der Waals surface area contributed by atoms with Crippen molar-refractivity contribution in [3.63, 3.8) is 0 Å². The first-order valence-corrected chi connectivity index (χ1v) is 9.32. The molecule has 0 spiro atoms. The van der Waals surface area contributed by atoms with Gasteiger partial charge in [-0.2, -0.15) is 0 Å². The van der Waals surface area contributed by atoms with E-state index in [4.69, 9.17) is 0 Å². The van der Waals surface area contributed by atoms with Crippen LogP contribution in [0.5, 0.6) is 5.88 Å². The lowest BCUT2D eigenvalue weighted by atomic mass is 9.80. The summed E-state index contributed by atoms with van der Waals surface area (Å²) in [7, 11) is 0. The van der Waals surface area contributed by atoms with E-state index in [0.29, 0.717) is 11.6 Å². The van der Waals surface area contributed by atoms with Crippen LogP contribution in [0.1, 0.15) is 45.0 Å². The Labute approximate surface area is 158 Å². The van der Waals surface area contributed by atoms with Crippen LogP contribution >= 0.6 is 0 Å². The molecular weight excluding hydrogens is 338 g/mol. The maximum atomic E-state index is 11.5. The number of benzene rings is 2. The number of H-pyrrole nitrogens is 1. The van der Waals surface area contributed by atoms with E-state index in [0.717, 1.165) is 27.1 Å². The van der Waals surface area contributed by atoms with Crippen molar-refractivity contribution in [1.82, 2.24) is 14.5 Å². The Balaban J connectivity index is 1.94. The van der Waals surface area contributed by atoms with E-state index in [1.807, 2.05) is 68.8 Å². The fourth-order valence-corrected chi connectivity index (χ4v) is 3.92. The third-order valence-corrected chi connectivity index (χ3v) is 5.56. The van der Waals surface area contributed by atoms with Gasteiger partial charge in [-0.15, -0.1) is 0 Å². The zero-order chi connectivity index (χ0) is 19.3. The molecule has 5 heteroatoms. The number of rotatable bonds is 4. The van der Waals surface area contributed by atoms with Crippen LogP contribution in [0.25, 0.3) is 21.5 Å². The number of aromatic hydroxyl groups is 1. The molecule has 140 valence electrons. The summed E-state index contributed by atoms with van der Waals surface area (Å²) in [5.74, 6) is 0.257. The van der Waals surface area contributed by atoms with Gasteiger partial charge >= 0.3 is 0 Å². The molecular formula is C22H25N3O2. The summed E-state index contributed by atoms with van der Waals surface area (Å²) in [6.07, 6.45) is 5.26. The predicted octanol–water partition coefficient (Wildman–Crippen LogP) is 4.70. The number of aromatic nitrogens is 3. The van der Waals surface area contributed by atoms with Crippen molar-refractivity contribution < 1.29 is 10.2 Å². The molecule has 5 nitrogen and oxygen atoms in total. The number of aliphatic hydroxyl groups is 1. The van der Waals surface area contributed by atoms with Gasteiger partial charge in [0.2, 0.25) is 0 Å². The number of imidazole rings is 1. The first kappa shape index (κ1) is 17.6. The van der Waals surface area contributed by atoms with E-state index in [1.165, 1.54) is 0 Å². The number of fused-ring (bicyclic) bond motifs is 3. The van der Waals surface area contributed by atoms with Crippen molar-refractivity contribution in [2.75, 3.05) is 0 Å². The van der Waals surface area contributed by atoms with Crippen LogP contribution in [-0.2, 0) is 5.60 Å². The summed E-state index contributed by atoms with van der Waals surface area (Å²) in [5.41, 5.74) is 0.355. The second-order valence-corrected chi connectivity index (χ2v) is 7.80. The van der Waals surface area contributed by atoms with E-state index in [9.17, 15) is 10.2 Å². The topological polar surface area (TPSA) is 74.1 Å². The van der Waals surface area contributed by atoms with Gasteiger partial charge in [-0.3, -0.25) is 0 Å². The molecule has 2 heterocycles. The molecule has 0 aliphatic carbocycles. The molecule has 0 saturated heterocycles. The molecule has 2 aromatic heterocycles. The Bertz CT molecular complexity index is 1110. The second-order valence-electron chi connectivity index (χ2n) is 7.80. The largest absolute Gasteiger partial charge is 0.494 e. The van der Waals surface area contributed by atoms with Crippen LogP contribution in [0.2, 0.25) is 0 Å². The molecule has 0 fully saturated rings. The Hall–Kier alpha value is -2.79. The molecule has 2 aromatic carbocycles. The fraction of sp³-hybridized carbons (Fsp3) is 0.318. The van der Waals surface area contributed by atoms with Gasteiger partial charge < -0.3 is 19.8 Å². The highest BCUT2D eigenvalue weighted by atomic mass is 16.3. The average molecular weight is 363 g/mol. The molecule has 1 unspecified atom stereocenters. The molecule has 27 heavy (non-hydrogen) atoms. The molecule has 0 saturated carbocycles. The molecule has 3 N–H and O–H groups in total. The monoisotopic (exact) mass is 363 g/mol. The van der Waals surface area contributed by atoms with Gasteiger partial charge in [-0.05, 0) is 48.2 Å². The third-order valence-electron chi connectivity index (χ3n) is 5.56. The van der Waals surface area contributed by atoms with Crippen LogP contribution in [0.3, 0.4) is 0 Å². The van der Waals surface area contributed by atoms with Gasteiger partial charge in [-0.1, -0.05) is 32.0 Å². The number of hydrogen-bond donors (Lipinski definition) is 3. The van der Waals surface area contributed by atoms with E-state index in [1.54, 1.807) is 12.5 Å². The smallest absolute Gasteiger partial charge is 0.199 e. The van der Waals surface area contributed by atoms with Crippen molar-refractivity contribution in [3.8, 4) is 5.88 Å². The summed E-state index contributed by atoms with van der Waals surface area (Å²) in [6, 6.07) is 10.1. The predicted molar refractivity (Wildman–Crippen MR) is 108 cm³/mol. The van der Waals surface area contributed by atoms with Gasteiger partial charge in [0.25, 0.3) is 0 Å². The molecule has 4 rings (SSSR count). The number of aromatic amines is 1. The van der Waals surface area contributed by atoms with Crippen LogP contribution in [0.15, 0.2) is 49.1 Å². The minimum absolute atomic E-state index is 0.0369. The quantitative estimate of drug-likeness (QED) is 0.492. The normalized spacial score (nSPS) is 14.5. The summed E-state index contributed by atoms with van der Waals surface area (Å²) in [6.45, 7) is 8.09. The van der Waals surface area contributed by atoms with Crippen LogP contribution in [0, 0.1) is 5.92 Å². The summed E-state index contributed by atoms with van der Waals surface area (Å²) in [5, 5.41) is 26.0. The zero-order valence-corrected chi connectivity index (χ0v) is 16.1. The van der Waals surface area contributed by atoms with Crippen LogP contribution in [0.4, 0.5) is 0 Å². The van der Waals surface area contributed by atoms with Crippen molar-refractivity contribution in [2.45, 2.75) is 39.3 Å². The maximum Gasteiger partial charge on any atom is 0.199 e. The van der Waals surface area contributed by atoms with Crippen LogP contribution in [-0.4, -0.2) is 24.7 Å². The first-order chi connectivity index (χ1) is 12.8. The molecule has 0 aliphatic rings. The Morgan fingerprint density at radius 1 is 1.04 bits per heavy atom. The van der Waals surface area contributed by atoms with Crippen molar-refractivity contribution in [3.05, 3.63) is 60.3 Å². The van der Waals surface area contributed by atoms with Gasteiger partial charge in [0.1, 0.15) is 5.60 Å². The Kier molecular flexibility index (Phi) is 4.00. The van der Waals surface area contributed by atoms with E-state index >= 15 is 0 Å². The summed E-state index contributed by atoms with van der Waals surface area (Å²) < 4.78 is 1.88. The minimum atomic E-state index is -1.15. The molecule has 0 bridgehead atoms. The second kappa shape index (κ2) is 6.13. The van der Waals surface area contributed by atoms with Gasteiger partial charge in [0, 0.05) is 23.0 Å². The summed E-state index contributed by atoms with van der Waals surface area (Å²) in [4.78, 5) is 7.14. The highest BCUT2D eigenvalue weighted by Gasteiger charge is 2.36. The lowest BCUT2D eigenvalue weighted by Gasteiger charge is -2.32. The molecule has 1 atom stereocenters. The van der Waals surface area contributed by atoms with E-state index in [2.05, 4.69) is 9.97 Å². The third kappa shape index (κ3) is 2.53. The van der Waals surface area contributed by atoms with Crippen molar-refractivity contribution in [2.24, 2.45) is 5.92 Å². The lowest BCUT2D eigenvalue weighted by Crippen LogP contribution is -2.33. The van der Waals surface area contributed by atoms with Gasteiger partial charge in [-0.25, -0.2) is 4.98 Å². The van der Waals surface area contributed by atoms with Gasteiger partial charge in [0.15, 0.2) is 5.88 Å². The lowest BCUT2D eigenvalue weighted by molar-refractivity contribution is 0.0281. The Morgan fingerprint density at radius 2 is 1.78 bits per heavy atom. The fourth-order valence-electron chi connectivity index (χ4n) is 3.92. The summed E-state index contributed by atoms with van der Waals surface area (Å²) >= 11 is 0. The molecule has 4 aromatic rings. The highest BCUT2D eigenvalue weighted by Crippen LogP contribution is 2.39. The molecule has 0 radical (unpaired) electrons. The maximum absolute atomic E-state index is 11.5. The van der Waals surface area contributed by atoms with E-state index < -0.39 is 5.60 Å². The first-order valence-electron chi connectivity index (χ1n) is 9.32. The van der Waals surface area contributed by atoms with Crippen molar-refractivity contribution in [1.29, 1.82) is 0 Å². The number of nitrogens with one attached hydrogen (secondary N) is 1. The number of hydrogen-bond acceptors (Lipinski definition) is 3. The molecule has 0 aliphatic heterocycles. The minimum Gasteiger partial charge on any atom is -0.494 e. The highest BCUT2D eigenvalue weighted by molar-refractivity contribution is 6.09. The SMILES string of the molecule is CC(C)n1cc2c(ccc3cc(C(O)(c4cnc[nH]4)C(C)C)ccc32)c1O. The zero-order valence-electron chi connectivity index (χ0n) is 16.1. The standard InChI is InChI=1S/C22H25N3O2/c1-13(2)22(27,20-10-23-12-24-20)16-6-8-17-15(9-16)5-7-18-19(17)11-25(14(3)4)21(18)26/h5-14,26-27H,1-4H3,(H,23,24).